The number of ether oxygens (including phenoxy) is 3. The van der Waals surface area contributed by atoms with Gasteiger partial charge in [0, 0.05) is 24.1 Å². The molecular weight excluding hydrogens is 288 g/mol. The van der Waals surface area contributed by atoms with E-state index in [4.69, 9.17) is 14.2 Å². The van der Waals surface area contributed by atoms with Gasteiger partial charge in [0.05, 0.1) is 6.10 Å². The second kappa shape index (κ2) is 4.71. The Kier molecular flexibility index (Phi) is 2.80. The Hall–Kier alpha value is -2.60. The number of aliphatic hydroxyl groups excluding tert-OH is 1. The first-order valence-electron chi connectivity index (χ1n) is 6.91. The van der Waals surface area contributed by atoms with Gasteiger partial charge in [0.2, 0.25) is 6.79 Å². The second-order valence-electron chi connectivity index (χ2n) is 5.36. The second-order valence-corrected chi connectivity index (χ2v) is 5.36. The zero-order valence-electron chi connectivity index (χ0n) is 11.5. The SMILES string of the molecule is Oc1cc(O)c2c(c1)O[C@H](c1ccc3c(c1)OCO3)[C@@H](O)C2. The average molecular weight is 302 g/mol. The van der Waals surface area contributed by atoms with Gasteiger partial charge in [-0.3, -0.25) is 0 Å². The van der Waals surface area contributed by atoms with E-state index in [0.29, 0.717) is 22.8 Å². The van der Waals surface area contributed by atoms with Gasteiger partial charge in [-0.2, -0.15) is 0 Å². The van der Waals surface area contributed by atoms with Crippen molar-refractivity contribution >= 4 is 0 Å². The number of fused-ring (bicyclic) bond motifs is 2. The van der Waals surface area contributed by atoms with Crippen LogP contribution in [0, 0.1) is 0 Å². The standard InChI is InChI=1S/C16H14O6/c17-9-4-11(18)10-6-12(19)16(22-14(10)5-9)8-1-2-13-15(3-8)21-7-20-13/h1-5,12,16-19H,6-7H2/t12-,16+/m0/s1. The molecule has 0 spiro atoms. The number of aliphatic hydroxyl groups is 1. The molecule has 6 heteroatoms. The smallest absolute Gasteiger partial charge is 0.231 e. The molecule has 4 rings (SSSR count). The molecule has 2 aliphatic heterocycles. The highest BCUT2D eigenvalue weighted by Crippen LogP contribution is 2.43. The highest BCUT2D eigenvalue weighted by atomic mass is 16.7. The number of hydrogen-bond donors (Lipinski definition) is 3. The summed E-state index contributed by atoms with van der Waals surface area (Å²) in [5.74, 6) is 1.46. The van der Waals surface area contributed by atoms with Crippen LogP contribution in [0.25, 0.3) is 0 Å². The fraction of sp³-hybridized carbons (Fsp3) is 0.250. The lowest BCUT2D eigenvalue weighted by atomic mass is 9.94. The molecule has 0 saturated carbocycles. The summed E-state index contributed by atoms with van der Waals surface area (Å²) in [4.78, 5) is 0. The van der Waals surface area contributed by atoms with Crippen molar-refractivity contribution in [3.8, 4) is 28.7 Å². The molecule has 2 aromatic carbocycles. The van der Waals surface area contributed by atoms with Crippen LogP contribution >= 0.6 is 0 Å². The van der Waals surface area contributed by atoms with Crippen LogP contribution in [0.4, 0.5) is 0 Å². The van der Waals surface area contributed by atoms with E-state index in [2.05, 4.69) is 0 Å². The Morgan fingerprint density at radius 3 is 2.64 bits per heavy atom. The van der Waals surface area contributed by atoms with Gasteiger partial charge in [0.1, 0.15) is 23.4 Å². The molecule has 114 valence electrons. The van der Waals surface area contributed by atoms with Crippen LogP contribution in [0.3, 0.4) is 0 Å². The molecule has 0 saturated heterocycles. The van der Waals surface area contributed by atoms with E-state index in [1.54, 1.807) is 18.2 Å². The van der Waals surface area contributed by atoms with Gasteiger partial charge in [-0.1, -0.05) is 6.07 Å². The van der Waals surface area contributed by atoms with E-state index in [-0.39, 0.29) is 24.7 Å². The van der Waals surface area contributed by atoms with Gasteiger partial charge in [-0.25, -0.2) is 0 Å². The van der Waals surface area contributed by atoms with Crippen molar-refractivity contribution in [2.75, 3.05) is 6.79 Å². The fourth-order valence-electron chi connectivity index (χ4n) is 2.84. The number of hydrogen-bond acceptors (Lipinski definition) is 6. The van der Waals surface area contributed by atoms with Crippen molar-refractivity contribution in [3.05, 3.63) is 41.5 Å². The van der Waals surface area contributed by atoms with Crippen LogP contribution < -0.4 is 14.2 Å². The number of phenolic OH excluding ortho intramolecular Hbond substituents is 2. The molecule has 6 nitrogen and oxygen atoms in total. The Morgan fingerprint density at radius 1 is 0.955 bits per heavy atom. The maximum Gasteiger partial charge on any atom is 0.231 e. The molecule has 3 N–H and O–H groups in total. The summed E-state index contributed by atoms with van der Waals surface area (Å²) in [5, 5.41) is 29.8. The Labute approximate surface area is 126 Å². The molecule has 0 bridgehead atoms. The highest BCUT2D eigenvalue weighted by Gasteiger charge is 2.33. The maximum atomic E-state index is 10.3. The molecule has 22 heavy (non-hydrogen) atoms. The Balaban J connectivity index is 1.71. The average Bonchev–Trinajstić information content (AvgIpc) is 2.95. The lowest BCUT2D eigenvalue weighted by Crippen LogP contribution is -2.30. The summed E-state index contributed by atoms with van der Waals surface area (Å²) in [6.07, 6.45) is -1.19. The van der Waals surface area contributed by atoms with Crippen molar-refractivity contribution in [1.82, 2.24) is 0 Å². The van der Waals surface area contributed by atoms with Gasteiger partial charge in [-0.15, -0.1) is 0 Å². The molecule has 0 amide bonds. The van der Waals surface area contributed by atoms with Crippen molar-refractivity contribution in [3.63, 3.8) is 0 Å². The van der Waals surface area contributed by atoms with E-state index < -0.39 is 12.2 Å². The first kappa shape index (κ1) is 13.1. The third kappa shape index (κ3) is 2.00. The Morgan fingerprint density at radius 2 is 1.77 bits per heavy atom. The first-order valence-corrected chi connectivity index (χ1v) is 6.91. The minimum atomic E-state index is -0.816. The first-order chi connectivity index (χ1) is 10.6. The molecule has 2 aliphatic rings. The van der Waals surface area contributed by atoms with Crippen molar-refractivity contribution in [2.45, 2.75) is 18.6 Å². The topological polar surface area (TPSA) is 88.4 Å². The van der Waals surface area contributed by atoms with Crippen LogP contribution in [0.15, 0.2) is 30.3 Å². The van der Waals surface area contributed by atoms with Gasteiger partial charge in [0.15, 0.2) is 11.5 Å². The molecule has 0 aliphatic carbocycles. The molecule has 2 atom stereocenters. The van der Waals surface area contributed by atoms with E-state index in [9.17, 15) is 15.3 Å². The molecule has 0 aromatic heterocycles. The quantitative estimate of drug-likeness (QED) is 0.745. The van der Waals surface area contributed by atoms with Crippen LogP contribution in [0.2, 0.25) is 0 Å². The van der Waals surface area contributed by atoms with E-state index in [0.717, 1.165) is 5.56 Å². The fourth-order valence-corrected chi connectivity index (χ4v) is 2.84. The van der Waals surface area contributed by atoms with E-state index >= 15 is 0 Å². The number of phenols is 2. The van der Waals surface area contributed by atoms with Crippen LogP contribution in [0.1, 0.15) is 17.2 Å². The predicted octanol–water partition coefficient (Wildman–Crippen LogP) is 1.86. The largest absolute Gasteiger partial charge is 0.508 e. The summed E-state index contributed by atoms with van der Waals surface area (Å²) in [5.41, 5.74) is 1.23. The molecular formula is C16H14O6. The minimum absolute atomic E-state index is 0.0850. The van der Waals surface area contributed by atoms with Crippen LogP contribution in [-0.2, 0) is 6.42 Å². The van der Waals surface area contributed by atoms with E-state index in [1.807, 2.05) is 0 Å². The maximum absolute atomic E-state index is 10.3. The van der Waals surface area contributed by atoms with Crippen LogP contribution in [0.5, 0.6) is 28.7 Å². The monoisotopic (exact) mass is 302 g/mol. The summed E-state index contributed by atoms with van der Waals surface area (Å²) in [6, 6.07) is 8.00. The lowest BCUT2D eigenvalue weighted by molar-refractivity contribution is 0.0197. The Bertz CT molecular complexity index is 742. The normalized spacial score (nSPS) is 22.0. The predicted molar refractivity (Wildman–Crippen MR) is 75.4 cm³/mol. The zero-order valence-corrected chi connectivity index (χ0v) is 11.5. The summed E-state index contributed by atoms with van der Waals surface area (Å²) >= 11 is 0. The molecule has 2 aromatic rings. The van der Waals surface area contributed by atoms with Gasteiger partial charge in [0.25, 0.3) is 0 Å². The molecule has 2 heterocycles. The van der Waals surface area contributed by atoms with E-state index in [1.165, 1.54) is 12.1 Å². The van der Waals surface area contributed by atoms with Gasteiger partial charge < -0.3 is 29.5 Å². The van der Waals surface area contributed by atoms with Gasteiger partial charge in [-0.05, 0) is 17.7 Å². The lowest BCUT2D eigenvalue weighted by Gasteiger charge is -2.31. The van der Waals surface area contributed by atoms with Crippen molar-refractivity contribution in [2.24, 2.45) is 0 Å². The third-order valence-corrected chi connectivity index (χ3v) is 3.91. The summed E-state index contributed by atoms with van der Waals surface area (Å²) < 4.78 is 16.4. The highest BCUT2D eigenvalue weighted by molar-refractivity contribution is 5.52. The summed E-state index contributed by atoms with van der Waals surface area (Å²) in [7, 11) is 0. The molecule has 0 unspecified atom stereocenters. The number of benzene rings is 2. The van der Waals surface area contributed by atoms with Crippen molar-refractivity contribution in [1.29, 1.82) is 0 Å². The molecule has 0 fully saturated rings. The minimum Gasteiger partial charge on any atom is -0.508 e. The third-order valence-electron chi connectivity index (χ3n) is 3.91. The van der Waals surface area contributed by atoms with Crippen molar-refractivity contribution < 1.29 is 29.5 Å². The molecule has 0 radical (unpaired) electrons. The number of rotatable bonds is 1. The zero-order chi connectivity index (χ0) is 15.3. The van der Waals surface area contributed by atoms with Gasteiger partial charge >= 0.3 is 0 Å². The number of aromatic hydroxyl groups is 2. The van der Waals surface area contributed by atoms with Crippen LogP contribution in [-0.4, -0.2) is 28.2 Å². The summed E-state index contributed by atoms with van der Waals surface area (Å²) in [6.45, 7) is 0.178.